The monoisotopic (exact) mass is 238 g/mol. The summed E-state index contributed by atoms with van der Waals surface area (Å²) < 4.78 is 4.69. The summed E-state index contributed by atoms with van der Waals surface area (Å²) in [6.07, 6.45) is 3.98. The second-order valence-electron chi connectivity index (χ2n) is 3.86. The molecule has 0 saturated carbocycles. The van der Waals surface area contributed by atoms with Gasteiger partial charge in [0.25, 0.3) is 0 Å². The zero-order valence-corrected chi connectivity index (χ0v) is 10.2. The minimum Gasteiger partial charge on any atom is -0.465 e. The first-order valence-corrected chi connectivity index (χ1v) is 5.71. The topological polar surface area (TPSA) is 26.3 Å². The molecule has 2 rings (SSSR count). The van der Waals surface area contributed by atoms with Crippen LogP contribution in [0.1, 0.15) is 21.5 Å². The molecule has 0 spiro atoms. The van der Waals surface area contributed by atoms with Crippen molar-refractivity contribution in [3.8, 4) is 0 Å². The Bertz CT molecular complexity index is 556. The summed E-state index contributed by atoms with van der Waals surface area (Å²) in [5.41, 5.74) is 2.66. The standard InChI is InChI=1S/C16H14O2/c1-18-16(17)15-9-5-8-14(12-15)11-10-13-6-3-2-4-7-13/h2-12H,1H3/b11-10-. The van der Waals surface area contributed by atoms with Crippen LogP contribution in [0.25, 0.3) is 12.2 Å². The van der Waals surface area contributed by atoms with Crippen LogP contribution >= 0.6 is 0 Å². The number of carbonyl (C=O) groups excluding carboxylic acids is 1. The lowest BCUT2D eigenvalue weighted by Gasteiger charge is -2.00. The highest BCUT2D eigenvalue weighted by molar-refractivity contribution is 5.90. The van der Waals surface area contributed by atoms with Gasteiger partial charge in [0, 0.05) is 0 Å². The summed E-state index contributed by atoms with van der Waals surface area (Å²) in [4.78, 5) is 11.4. The Labute approximate surface area is 107 Å². The number of hydrogen-bond donors (Lipinski definition) is 0. The van der Waals surface area contributed by atoms with Crippen molar-refractivity contribution in [3.63, 3.8) is 0 Å². The minimum atomic E-state index is -0.315. The van der Waals surface area contributed by atoms with Crippen molar-refractivity contribution in [1.82, 2.24) is 0 Å². The van der Waals surface area contributed by atoms with E-state index in [-0.39, 0.29) is 5.97 Å². The molecule has 0 aromatic heterocycles. The molecule has 0 bridgehead atoms. The molecule has 0 fully saturated rings. The average molecular weight is 238 g/mol. The molecule has 2 heteroatoms. The van der Waals surface area contributed by atoms with E-state index < -0.39 is 0 Å². The Morgan fingerprint density at radius 1 is 0.944 bits per heavy atom. The molecular weight excluding hydrogens is 224 g/mol. The average Bonchev–Trinajstić information content (AvgIpc) is 2.45. The molecular formula is C16H14O2. The zero-order chi connectivity index (χ0) is 12.8. The van der Waals surface area contributed by atoms with Gasteiger partial charge in [0.1, 0.15) is 0 Å². The fourth-order valence-corrected chi connectivity index (χ4v) is 1.64. The van der Waals surface area contributed by atoms with Crippen LogP contribution in [0, 0.1) is 0 Å². The largest absolute Gasteiger partial charge is 0.465 e. The van der Waals surface area contributed by atoms with E-state index in [1.165, 1.54) is 7.11 Å². The third-order valence-electron chi connectivity index (χ3n) is 2.58. The van der Waals surface area contributed by atoms with Crippen molar-refractivity contribution in [2.75, 3.05) is 7.11 Å². The fraction of sp³-hybridized carbons (Fsp3) is 0.0625. The highest BCUT2D eigenvalue weighted by Crippen LogP contribution is 2.11. The fourth-order valence-electron chi connectivity index (χ4n) is 1.64. The molecule has 0 unspecified atom stereocenters. The van der Waals surface area contributed by atoms with Crippen molar-refractivity contribution in [2.24, 2.45) is 0 Å². The molecule has 2 aromatic carbocycles. The van der Waals surface area contributed by atoms with Crippen LogP contribution in [0.5, 0.6) is 0 Å². The van der Waals surface area contributed by atoms with Gasteiger partial charge in [-0.25, -0.2) is 4.79 Å². The van der Waals surface area contributed by atoms with Crippen LogP contribution in [0.4, 0.5) is 0 Å². The van der Waals surface area contributed by atoms with Gasteiger partial charge in [-0.1, -0.05) is 54.6 Å². The van der Waals surface area contributed by atoms with Gasteiger partial charge in [0.15, 0.2) is 0 Å². The summed E-state index contributed by atoms with van der Waals surface area (Å²) in [5, 5.41) is 0. The highest BCUT2D eigenvalue weighted by atomic mass is 16.5. The van der Waals surface area contributed by atoms with Gasteiger partial charge in [-0.05, 0) is 23.3 Å². The number of hydrogen-bond acceptors (Lipinski definition) is 2. The van der Waals surface area contributed by atoms with Gasteiger partial charge in [-0.3, -0.25) is 0 Å². The second-order valence-corrected chi connectivity index (χ2v) is 3.86. The van der Waals surface area contributed by atoms with Gasteiger partial charge in [0.05, 0.1) is 12.7 Å². The van der Waals surface area contributed by atoms with Gasteiger partial charge >= 0.3 is 5.97 Å². The Morgan fingerprint density at radius 3 is 2.33 bits per heavy atom. The molecule has 0 aliphatic rings. The molecule has 0 radical (unpaired) electrons. The van der Waals surface area contributed by atoms with Gasteiger partial charge < -0.3 is 4.74 Å². The van der Waals surface area contributed by atoms with Crippen molar-refractivity contribution in [3.05, 3.63) is 71.3 Å². The van der Waals surface area contributed by atoms with Crippen LogP contribution in [0.15, 0.2) is 54.6 Å². The second kappa shape index (κ2) is 5.82. The normalized spacial score (nSPS) is 10.5. The van der Waals surface area contributed by atoms with E-state index in [4.69, 9.17) is 4.74 Å². The van der Waals surface area contributed by atoms with E-state index in [0.717, 1.165) is 11.1 Å². The summed E-state index contributed by atoms with van der Waals surface area (Å²) in [6.45, 7) is 0. The third kappa shape index (κ3) is 3.08. The summed E-state index contributed by atoms with van der Waals surface area (Å²) in [6, 6.07) is 17.4. The Hall–Kier alpha value is -2.35. The number of benzene rings is 2. The van der Waals surface area contributed by atoms with Crippen LogP contribution < -0.4 is 0 Å². The quantitative estimate of drug-likeness (QED) is 0.602. The van der Waals surface area contributed by atoms with Crippen molar-refractivity contribution in [1.29, 1.82) is 0 Å². The maximum atomic E-state index is 11.4. The molecule has 18 heavy (non-hydrogen) atoms. The number of rotatable bonds is 3. The SMILES string of the molecule is COC(=O)c1cccc(/C=C\c2ccccc2)c1. The predicted molar refractivity (Wildman–Crippen MR) is 73.2 cm³/mol. The lowest BCUT2D eigenvalue weighted by Crippen LogP contribution is -2.00. The molecule has 2 nitrogen and oxygen atoms in total. The van der Waals surface area contributed by atoms with E-state index in [2.05, 4.69) is 0 Å². The van der Waals surface area contributed by atoms with Gasteiger partial charge in [-0.2, -0.15) is 0 Å². The summed E-state index contributed by atoms with van der Waals surface area (Å²) in [7, 11) is 1.38. The molecule has 0 heterocycles. The summed E-state index contributed by atoms with van der Waals surface area (Å²) in [5.74, 6) is -0.315. The van der Waals surface area contributed by atoms with Crippen molar-refractivity contribution in [2.45, 2.75) is 0 Å². The first kappa shape index (κ1) is 12.1. The smallest absolute Gasteiger partial charge is 0.337 e. The van der Waals surface area contributed by atoms with Gasteiger partial charge in [0.2, 0.25) is 0 Å². The maximum Gasteiger partial charge on any atom is 0.337 e. The lowest BCUT2D eigenvalue weighted by atomic mass is 10.1. The molecule has 90 valence electrons. The first-order valence-electron chi connectivity index (χ1n) is 5.71. The highest BCUT2D eigenvalue weighted by Gasteiger charge is 2.03. The van der Waals surface area contributed by atoms with Crippen LogP contribution in [0.2, 0.25) is 0 Å². The van der Waals surface area contributed by atoms with E-state index in [1.807, 2.05) is 60.7 Å². The van der Waals surface area contributed by atoms with Crippen LogP contribution in [0.3, 0.4) is 0 Å². The summed E-state index contributed by atoms with van der Waals surface area (Å²) >= 11 is 0. The van der Waals surface area contributed by atoms with Crippen LogP contribution in [-0.4, -0.2) is 13.1 Å². The lowest BCUT2D eigenvalue weighted by molar-refractivity contribution is 0.0600. The van der Waals surface area contributed by atoms with Crippen LogP contribution in [-0.2, 0) is 4.74 Å². The van der Waals surface area contributed by atoms with E-state index in [1.54, 1.807) is 6.07 Å². The molecule has 2 aromatic rings. The molecule has 0 N–H and O–H groups in total. The Morgan fingerprint density at radius 2 is 1.61 bits per heavy atom. The molecule has 0 saturated heterocycles. The minimum absolute atomic E-state index is 0.315. The Kier molecular flexibility index (Phi) is 3.92. The number of carbonyl (C=O) groups is 1. The number of methoxy groups -OCH3 is 1. The van der Waals surface area contributed by atoms with Crippen molar-refractivity contribution >= 4 is 18.1 Å². The molecule has 0 aliphatic carbocycles. The third-order valence-corrected chi connectivity index (χ3v) is 2.58. The first-order chi connectivity index (χ1) is 8.79. The number of esters is 1. The number of ether oxygens (including phenoxy) is 1. The predicted octanol–water partition coefficient (Wildman–Crippen LogP) is 3.64. The zero-order valence-electron chi connectivity index (χ0n) is 10.2. The van der Waals surface area contributed by atoms with E-state index in [9.17, 15) is 4.79 Å². The van der Waals surface area contributed by atoms with E-state index >= 15 is 0 Å². The maximum absolute atomic E-state index is 11.4. The molecule has 0 atom stereocenters. The molecule has 0 amide bonds. The molecule has 0 aliphatic heterocycles. The van der Waals surface area contributed by atoms with Crippen molar-refractivity contribution < 1.29 is 9.53 Å². The van der Waals surface area contributed by atoms with Gasteiger partial charge in [-0.15, -0.1) is 0 Å². The van der Waals surface area contributed by atoms with E-state index in [0.29, 0.717) is 5.56 Å². The Balaban J connectivity index is 2.20.